The van der Waals surface area contributed by atoms with Gasteiger partial charge in [-0.25, -0.2) is 5.06 Å². The van der Waals surface area contributed by atoms with Crippen LogP contribution in [-0.2, 0) is 26.3 Å². The molecule has 1 heterocycles. The summed E-state index contributed by atoms with van der Waals surface area (Å²) in [5.74, 6) is 0.244. The molecule has 3 aromatic rings. The molecule has 2 amide bonds. The largest absolute Gasteiger partial charge is 0.497 e. The van der Waals surface area contributed by atoms with Crippen molar-refractivity contribution in [1.82, 2.24) is 10.4 Å². The monoisotopic (exact) mass is 589 g/mol. The predicted octanol–water partition coefficient (Wildman–Crippen LogP) is 6.54. The van der Waals surface area contributed by atoms with Gasteiger partial charge in [-0.2, -0.15) is 0 Å². The van der Waals surface area contributed by atoms with Crippen molar-refractivity contribution < 1.29 is 19.2 Å². The Morgan fingerprint density at radius 2 is 1.60 bits per heavy atom. The highest BCUT2D eigenvalue weighted by molar-refractivity contribution is 7.99. The molecule has 1 aliphatic rings. The van der Waals surface area contributed by atoms with Crippen LogP contribution in [-0.4, -0.2) is 49.2 Å². The van der Waals surface area contributed by atoms with Crippen LogP contribution in [0, 0.1) is 6.92 Å². The number of carbonyl (C=O) groups excluding carboxylic acids is 2. The molecule has 0 bridgehead atoms. The molecule has 0 spiro atoms. The van der Waals surface area contributed by atoms with Crippen molar-refractivity contribution in [3.8, 4) is 5.75 Å². The first-order chi connectivity index (χ1) is 20.0. The maximum Gasteiger partial charge on any atom is 0.246 e. The fourth-order valence-corrected chi connectivity index (χ4v) is 6.25. The van der Waals surface area contributed by atoms with Gasteiger partial charge in [0, 0.05) is 27.8 Å². The van der Waals surface area contributed by atoms with Crippen LogP contribution in [0.25, 0.3) is 0 Å². The molecular formula is C34H43N3O4S. The highest BCUT2D eigenvalue weighted by Crippen LogP contribution is 2.40. The van der Waals surface area contributed by atoms with E-state index in [1.165, 1.54) is 33.4 Å². The van der Waals surface area contributed by atoms with E-state index in [0.29, 0.717) is 0 Å². The van der Waals surface area contributed by atoms with Gasteiger partial charge in [0.15, 0.2) is 0 Å². The first kappa shape index (κ1) is 31.6. The van der Waals surface area contributed by atoms with E-state index in [4.69, 9.17) is 9.57 Å². The quantitative estimate of drug-likeness (QED) is 0.262. The standard InChI is InChI=1S/C34H43N3O4S/c1-24-7-10-27(36-32(39)23-37(25(2)38)41-33(3,4)5)21-31(24)34(17-19-35-20-18-34)22-26-8-13-29(14-9-26)42-30-15-11-28(40-6)12-16-30/h7-16,21,35H,17-20,22-23H2,1-6H3,(H,36,39). The molecule has 0 radical (unpaired) electrons. The average molecular weight is 590 g/mol. The number of hydrogen-bond donors (Lipinski definition) is 2. The number of benzene rings is 3. The first-order valence-corrected chi connectivity index (χ1v) is 15.3. The molecule has 8 heteroatoms. The van der Waals surface area contributed by atoms with E-state index in [2.05, 4.69) is 66.1 Å². The van der Waals surface area contributed by atoms with Gasteiger partial charge in [0.25, 0.3) is 0 Å². The Labute approximate surface area is 254 Å². The van der Waals surface area contributed by atoms with Crippen LogP contribution in [0.2, 0.25) is 0 Å². The third-order valence-electron chi connectivity index (χ3n) is 7.44. The Kier molecular flexibility index (Phi) is 10.4. The number of piperidine rings is 1. The van der Waals surface area contributed by atoms with E-state index in [1.807, 2.05) is 39.0 Å². The summed E-state index contributed by atoms with van der Waals surface area (Å²) in [5.41, 5.74) is 3.85. The fourth-order valence-electron chi connectivity index (χ4n) is 5.43. The van der Waals surface area contributed by atoms with Gasteiger partial charge in [0.1, 0.15) is 12.3 Å². The molecule has 1 saturated heterocycles. The molecule has 0 aliphatic carbocycles. The minimum atomic E-state index is -0.586. The third-order valence-corrected chi connectivity index (χ3v) is 8.45. The van der Waals surface area contributed by atoms with Gasteiger partial charge in [-0.3, -0.25) is 14.4 Å². The highest BCUT2D eigenvalue weighted by atomic mass is 32.2. The van der Waals surface area contributed by atoms with Crippen LogP contribution >= 0.6 is 11.8 Å². The van der Waals surface area contributed by atoms with Crippen LogP contribution in [0.3, 0.4) is 0 Å². The molecule has 0 atom stereocenters. The number of aryl methyl sites for hydroxylation is 1. The molecule has 3 aromatic carbocycles. The van der Waals surface area contributed by atoms with Crippen LogP contribution in [0.15, 0.2) is 76.5 Å². The second-order valence-corrected chi connectivity index (χ2v) is 13.1. The van der Waals surface area contributed by atoms with Gasteiger partial charge in [-0.15, -0.1) is 0 Å². The maximum absolute atomic E-state index is 12.9. The number of hydroxylamine groups is 2. The van der Waals surface area contributed by atoms with Gasteiger partial charge in [0.05, 0.1) is 12.7 Å². The highest BCUT2D eigenvalue weighted by Gasteiger charge is 2.35. The molecule has 2 N–H and O–H groups in total. The van der Waals surface area contributed by atoms with Gasteiger partial charge < -0.3 is 15.4 Å². The minimum absolute atomic E-state index is 0.0541. The van der Waals surface area contributed by atoms with Crippen molar-refractivity contribution >= 4 is 29.3 Å². The van der Waals surface area contributed by atoms with E-state index in [9.17, 15) is 9.59 Å². The Morgan fingerprint density at radius 3 is 2.17 bits per heavy atom. The topological polar surface area (TPSA) is 79.9 Å². The molecule has 1 aliphatic heterocycles. The maximum atomic E-state index is 12.9. The lowest BCUT2D eigenvalue weighted by Crippen LogP contribution is -2.42. The third kappa shape index (κ3) is 8.60. The number of ether oxygens (including phenoxy) is 1. The van der Waals surface area contributed by atoms with Gasteiger partial charge in [0.2, 0.25) is 11.8 Å². The van der Waals surface area contributed by atoms with Crippen molar-refractivity contribution in [3.63, 3.8) is 0 Å². The number of anilines is 1. The number of carbonyl (C=O) groups is 2. The SMILES string of the molecule is COc1ccc(Sc2ccc(CC3(c4cc(NC(=O)CN(OC(C)(C)C)C(C)=O)ccc4C)CCNCC3)cc2)cc1. The molecule has 0 unspecified atom stereocenters. The van der Waals surface area contributed by atoms with Gasteiger partial charge in [-0.05, 0) is 125 Å². The fraction of sp³-hybridized carbons (Fsp3) is 0.412. The Morgan fingerprint density at radius 1 is 0.976 bits per heavy atom. The van der Waals surface area contributed by atoms with E-state index in [0.717, 1.165) is 48.9 Å². The first-order valence-electron chi connectivity index (χ1n) is 14.5. The molecule has 224 valence electrons. The molecule has 1 fully saturated rings. The Bertz CT molecular complexity index is 1360. The summed E-state index contributed by atoms with van der Waals surface area (Å²) in [6.45, 7) is 10.8. The Balaban J connectivity index is 1.51. The number of amides is 2. The van der Waals surface area contributed by atoms with Crippen molar-refractivity contribution in [1.29, 1.82) is 0 Å². The van der Waals surface area contributed by atoms with Gasteiger partial charge in [-0.1, -0.05) is 30.0 Å². The average Bonchev–Trinajstić information content (AvgIpc) is 2.95. The van der Waals surface area contributed by atoms with E-state index >= 15 is 0 Å². The van der Waals surface area contributed by atoms with Crippen molar-refractivity contribution in [2.45, 2.75) is 74.7 Å². The number of rotatable bonds is 10. The number of hydrogen-bond acceptors (Lipinski definition) is 6. The normalized spacial score (nSPS) is 14.7. The van der Waals surface area contributed by atoms with Crippen LogP contribution in [0.1, 0.15) is 57.2 Å². The molecule has 7 nitrogen and oxygen atoms in total. The van der Waals surface area contributed by atoms with Crippen molar-refractivity contribution in [2.24, 2.45) is 0 Å². The molecule has 0 saturated carbocycles. The molecule has 4 rings (SSSR count). The zero-order valence-corrected chi connectivity index (χ0v) is 26.4. The summed E-state index contributed by atoms with van der Waals surface area (Å²) >= 11 is 1.74. The van der Waals surface area contributed by atoms with Crippen molar-refractivity contribution in [3.05, 3.63) is 83.4 Å². The second kappa shape index (κ2) is 13.8. The Hall–Kier alpha value is -3.33. The van der Waals surface area contributed by atoms with Crippen LogP contribution in [0.4, 0.5) is 5.69 Å². The number of nitrogens with zero attached hydrogens (tertiary/aromatic N) is 1. The number of nitrogens with one attached hydrogen (secondary N) is 2. The zero-order chi connectivity index (χ0) is 30.3. The van der Waals surface area contributed by atoms with E-state index in [-0.39, 0.29) is 23.8 Å². The summed E-state index contributed by atoms with van der Waals surface area (Å²) in [6, 6.07) is 23.1. The van der Waals surface area contributed by atoms with Gasteiger partial charge >= 0.3 is 0 Å². The zero-order valence-electron chi connectivity index (χ0n) is 25.6. The number of methoxy groups -OCH3 is 1. The summed E-state index contributed by atoms with van der Waals surface area (Å²) < 4.78 is 5.27. The lowest BCUT2D eigenvalue weighted by atomic mass is 9.68. The summed E-state index contributed by atoms with van der Waals surface area (Å²) in [4.78, 5) is 33.1. The summed E-state index contributed by atoms with van der Waals surface area (Å²) in [6.07, 6.45) is 2.92. The van der Waals surface area contributed by atoms with Crippen molar-refractivity contribution in [2.75, 3.05) is 32.1 Å². The van der Waals surface area contributed by atoms with E-state index < -0.39 is 5.60 Å². The van der Waals surface area contributed by atoms with Crippen LogP contribution in [0.5, 0.6) is 5.75 Å². The lowest BCUT2D eigenvalue weighted by molar-refractivity contribution is -0.223. The molecular weight excluding hydrogens is 546 g/mol. The second-order valence-electron chi connectivity index (χ2n) is 12.0. The minimum Gasteiger partial charge on any atom is -0.497 e. The predicted molar refractivity (Wildman–Crippen MR) is 169 cm³/mol. The summed E-state index contributed by atoms with van der Waals surface area (Å²) in [5, 5.41) is 7.64. The lowest BCUT2D eigenvalue weighted by Gasteiger charge is -2.40. The molecule has 42 heavy (non-hydrogen) atoms. The molecule has 0 aromatic heterocycles. The smallest absolute Gasteiger partial charge is 0.246 e. The van der Waals surface area contributed by atoms with E-state index in [1.54, 1.807) is 18.9 Å². The van der Waals surface area contributed by atoms with Crippen LogP contribution < -0.4 is 15.4 Å². The summed E-state index contributed by atoms with van der Waals surface area (Å²) in [7, 11) is 1.68.